The highest BCUT2D eigenvalue weighted by molar-refractivity contribution is 7.10. The summed E-state index contributed by atoms with van der Waals surface area (Å²) in [5.41, 5.74) is 2.50. The summed E-state index contributed by atoms with van der Waals surface area (Å²) in [6.07, 6.45) is 2.04. The number of nitrogens with zero attached hydrogens (tertiary/aromatic N) is 3. The number of amides is 1. The number of benzene rings is 1. The van der Waals surface area contributed by atoms with E-state index in [4.69, 9.17) is 4.74 Å². The number of guanidine groups is 1. The van der Waals surface area contributed by atoms with Gasteiger partial charge in [-0.3, -0.25) is 9.79 Å². The van der Waals surface area contributed by atoms with Crippen LogP contribution in [0.1, 0.15) is 22.4 Å². The maximum Gasteiger partial charge on any atom is 0.242 e. The lowest BCUT2D eigenvalue weighted by molar-refractivity contribution is -0.130. The molecule has 0 aliphatic carbocycles. The lowest BCUT2D eigenvalue weighted by Gasteiger charge is -2.28. The number of nitrogens with one attached hydrogen (secondary N) is 1. The van der Waals surface area contributed by atoms with Gasteiger partial charge in [0.15, 0.2) is 5.96 Å². The SMILES string of the molecule is CN=C(NCC(=O)N1CCc2sccc2C1)N1CCC(COCc2ccccc2)C1. The van der Waals surface area contributed by atoms with E-state index in [1.54, 1.807) is 18.4 Å². The molecule has 6 nitrogen and oxygen atoms in total. The fourth-order valence-electron chi connectivity index (χ4n) is 4.14. The van der Waals surface area contributed by atoms with Gasteiger partial charge in [0.25, 0.3) is 0 Å². The van der Waals surface area contributed by atoms with Crippen molar-refractivity contribution in [1.82, 2.24) is 15.1 Å². The number of rotatable bonds is 6. The van der Waals surface area contributed by atoms with Gasteiger partial charge in [-0.1, -0.05) is 30.3 Å². The molecule has 160 valence electrons. The van der Waals surface area contributed by atoms with Crippen LogP contribution in [-0.2, 0) is 29.1 Å². The zero-order valence-electron chi connectivity index (χ0n) is 17.5. The zero-order valence-corrected chi connectivity index (χ0v) is 18.4. The molecule has 0 bridgehead atoms. The topological polar surface area (TPSA) is 57.2 Å². The second-order valence-corrected chi connectivity index (χ2v) is 8.94. The van der Waals surface area contributed by atoms with Crippen molar-refractivity contribution in [3.8, 4) is 0 Å². The van der Waals surface area contributed by atoms with Gasteiger partial charge in [-0.05, 0) is 35.4 Å². The first kappa shape index (κ1) is 20.9. The molecule has 30 heavy (non-hydrogen) atoms. The van der Waals surface area contributed by atoms with Crippen molar-refractivity contribution in [2.24, 2.45) is 10.9 Å². The highest BCUT2D eigenvalue weighted by atomic mass is 32.1. The first-order chi connectivity index (χ1) is 14.7. The lowest BCUT2D eigenvalue weighted by atomic mass is 10.1. The molecule has 7 heteroatoms. The minimum Gasteiger partial charge on any atom is -0.376 e. The van der Waals surface area contributed by atoms with Crippen LogP contribution < -0.4 is 5.32 Å². The Labute approximate surface area is 182 Å². The van der Waals surface area contributed by atoms with E-state index in [2.05, 4.69) is 38.8 Å². The molecule has 1 aromatic carbocycles. The summed E-state index contributed by atoms with van der Waals surface area (Å²) in [4.78, 5) is 22.7. The second kappa shape index (κ2) is 10.1. The van der Waals surface area contributed by atoms with Crippen LogP contribution in [0.3, 0.4) is 0 Å². The van der Waals surface area contributed by atoms with Gasteiger partial charge >= 0.3 is 0 Å². The molecule has 4 rings (SSSR count). The average molecular weight is 427 g/mol. The van der Waals surface area contributed by atoms with E-state index in [1.165, 1.54) is 16.0 Å². The van der Waals surface area contributed by atoms with Crippen LogP contribution in [0.4, 0.5) is 0 Å². The number of carbonyl (C=O) groups is 1. The van der Waals surface area contributed by atoms with E-state index >= 15 is 0 Å². The van der Waals surface area contributed by atoms with Crippen molar-refractivity contribution in [2.75, 3.05) is 39.8 Å². The normalized spacial score (nSPS) is 19.1. The molecule has 0 saturated carbocycles. The van der Waals surface area contributed by atoms with Gasteiger partial charge in [0.1, 0.15) is 0 Å². The van der Waals surface area contributed by atoms with Gasteiger partial charge in [0.2, 0.25) is 5.91 Å². The molecule has 2 aromatic rings. The number of carbonyl (C=O) groups excluding carboxylic acids is 1. The minimum absolute atomic E-state index is 0.134. The van der Waals surface area contributed by atoms with Gasteiger partial charge in [0.05, 0.1) is 19.8 Å². The summed E-state index contributed by atoms with van der Waals surface area (Å²) < 4.78 is 5.92. The average Bonchev–Trinajstić information content (AvgIpc) is 3.44. The zero-order chi connectivity index (χ0) is 20.8. The Kier molecular flexibility index (Phi) is 7.02. The van der Waals surface area contributed by atoms with Crippen LogP contribution in [0.2, 0.25) is 0 Å². The van der Waals surface area contributed by atoms with Gasteiger partial charge in [-0.15, -0.1) is 11.3 Å². The molecule has 1 amide bonds. The summed E-state index contributed by atoms with van der Waals surface area (Å²) in [5.74, 6) is 1.43. The van der Waals surface area contributed by atoms with Crippen molar-refractivity contribution in [2.45, 2.75) is 26.0 Å². The highest BCUT2D eigenvalue weighted by Crippen LogP contribution is 2.24. The van der Waals surface area contributed by atoms with Crippen LogP contribution in [0.25, 0.3) is 0 Å². The van der Waals surface area contributed by atoms with Crippen LogP contribution in [0, 0.1) is 5.92 Å². The molecule has 2 aliphatic rings. The van der Waals surface area contributed by atoms with Crippen molar-refractivity contribution >= 4 is 23.2 Å². The molecule has 1 saturated heterocycles. The third kappa shape index (κ3) is 5.21. The molecule has 1 atom stereocenters. The monoisotopic (exact) mass is 426 g/mol. The smallest absolute Gasteiger partial charge is 0.242 e. The summed E-state index contributed by atoms with van der Waals surface area (Å²) in [6, 6.07) is 12.4. The van der Waals surface area contributed by atoms with E-state index < -0.39 is 0 Å². The fraction of sp³-hybridized carbons (Fsp3) is 0.478. The van der Waals surface area contributed by atoms with Gasteiger partial charge < -0.3 is 19.9 Å². The lowest BCUT2D eigenvalue weighted by Crippen LogP contribution is -2.46. The number of ether oxygens (including phenoxy) is 1. The third-order valence-corrected chi connectivity index (χ3v) is 6.84. The maximum atomic E-state index is 12.7. The molecular formula is C23H30N4O2S. The number of fused-ring (bicyclic) bond motifs is 1. The Bertz CT molecular complexity index is 867. The molecule has 1 fully saturated rings. The molecule has 1 aromatic heterocycles. The van der Waals surface area contributed by atoms with Gasteiger partial charge in [-0.25, -0.2) is 0 Å². The molecule has 3 heterocycles. The predicted octanol–water partition coefficient (Wildman–Crippen LogP) is 2.75. The summed E-state index contributed by atoms with van der Waals surface area (Å²) >= 11 is 1.79. The highest BCUT2D eigenvalue weighted by Gasteiger charge is 2.26. The number of hydrogen-bond donors (Lipinski definition) is 1. The molecule has 0 spiro atoms. The van der Waals surface area contributed by atoms with Gasteiger partial charge in [0, 0.05) is 44.0 Å². The summed E-state index contributed by atoms with van der Waals surface area (Å²) in [7, 11) is 1.78. The van der Waals surface area contributed by atoms with Crippen LogP contribution in [0.5, 0.6) is 0 Å². The van der Waals surface area contributed by atoms with Crippen LogP contribution in [0.15, 0.2) is 46.8 Å². The minimum atomic E-state index is 0.134. The number of likely N-dealkylation sites (tertiary alicyclic amines) is 1. The van der Waals surface area contributed by atoms with Gasteiger partial charge in [-0.2, -0.15) is 0 Å². The van der Waals surface area contributed by atoms with E-state index in [0.29, 0.717) is 12.5 Å². The van der Waals surface area contributed by atoms with Crippen molar-refractivity contribution in [3.05, 3.63) is 57.8 Å². The second-order valence-electron chi connectivity index (χ2n) is 7.94. The number of aliphatic imine (C=N–C) groups is 1. The Balaban J connectivity index is 1.19. The largest absolute Gasteiger partial charge is 0.376 e. The first-order valence-corrected chi connectivity index (χ1v) is 11.5. The van der Waals surface area contributed by atoms with E-state index in [1.807, 2.05) is 23.1 Å². The van der Waals surface area contributed by atoms with Crippen molar-refractivity contribution < 1.29 is 9.53 Å². The molecule has 1 N–H and O–H groups in total. The maximum absolute atomic E-state index is 12.7. The van der Waals surface area contributed by atoms with E-state index in [-0.39, 0.29) is 12.5 Å². The van der Waals surface area contributed by atoms with Crippen LogP contribution in [-0.4, -0.2) is 61.5 Å². The molecule has 0 radical (unpaired) electrons. The van der Waals surface area contributed by atoms with E-state index in [9.17, 15) is 4.79 Å². The van der Waals surface area contributed by atoms with E-state index in [0.717, 1.165) is 51.6 Å². The van der Waals surface area contributed by atoms with Crippen molar-refractivity contribution in [1.29, 1.82) is 0 Å². The molecule has 1 unspecified atom stereocenters. The number of hydrogen-bond acceptors (Lipinski definition) is 4. The first-order valence-electron chi connectivity index (χ1n) is 10.6. The third-order valence-electron chi connectivity index (χ3n) is 5.82. The molecular weight excluding hydrogens is 396 g/mol. The Morgan fingerprint density at radius 1 is 1.23 bits per heavy atom. The Hall–Kier alpha value is -2.38. The Morgan fingerprint density at radius 3 is 2.93 bits per heavy atom. The number of thiophene rings is 1. The van der Waals surface area contributed by atoms with Crippen molar-refractivity contribution in [3.63, 3.8) is 0 Å². The predicted molar refractivity (Wildman–Crippen MR) is 121 cm³/mol. The summed E-state index contributed by atoms with van der Waals surface area (Å²) in [6.45, 7) is 5.07. The standard InChI is InChI=1S/C23H30N4O2S/c1-24-23(25-13-22(28)26-11-8-21-20(15-26)9-12-30-21)27-10-7-19(14-27)17-29-16-18-5-3-2-4-6-18/h2-6,9,12,19H,7-8,10-11,13-17H2,1H3,(H,24,25). The summed E-state index contributed by atoms with van der Waals surface area (Å²) in [5, 5.41) is 5.39. The molecule has 2 aliphatic heterocycles. The van der Waals surface area contributed by atoms with Crippen LogP contribution >= 0.6 is 11.3 Å². The quantitative estimate of drug-likeness (QED) is 0.570. The Morgan fingerprint density at radius 2 is 2.10 bits per heavy atom. The fourth-order valence-corrected chi connectivity index (χ4v) is 5.03.